The van der Waals surface area contributed by atoms with Gasteiger partial charge in [0, 0.05) is 0 Å². The van der Waals surface area contributed by atoms with Gasteiger partial charge in [-0.05, 0) is 12.5 Å². The van der Waals surface area contributed by atoms with Crippen LogP contribution < -0.4 is 17.7 Å². The van der Waals surface area contributed by atoms with E-state index in [1.807, 2.05) is 0 Å². The molecule has 0 saturated carbocycles. The molecule has 1 atom stereocenters. The van der Waals surface area contributed by atoms with E-state index in [0.717, 1.165) is 17.4 Å². The maximum absolute atomic E-state index is 11.0. The number of nitrogens with zero attached hydrogens (tertiary/aromatic N) is 1. The van der Waals surface area contributed by atoms with Gasteiger partial charge >= 0.3 is 0 Å². The molecular formula is C10H21ClN2O. The SMILES string of the molecule is C=CC(=O)NC(CC)C[N+](C)(C)C.[Cl-]. The van der Waals surface area contributed by atoms with Crippen molar-refractivity contribution in [1.29, 1.82) is 0 Å². The number of hydrogen-bond acceptors (Lipinski definition) is 1. The molecule has 0 radical (unpaired) electrons. The molecule has 4 heteroatoms. The van der Waals surface area contributed by atoms with Crippen LogP contribution in [0.5, 0.6) is 0 Å². The summed E-state index contributed by atoms with van der Waals surface area (Å²) in [6.45, 7) is 6.44. The molecule has 0 saturated heterocycles. The van der Waals surface area contributed by atoms with E-state index in [2.05, 4.69) is 40.0 Å². The van der Waals surface area contributed by atoms with Crippen LogP contribution in [0.2, 0.25) is 0 Å². The standard InChI is InChI=1S/C10H20N2O.ClH/c1-6-9(8-12(3,4)5)11-10(13)7-2;/h7,9H,2,6,8H2,1,3-5H3;1H. The van der Waals surface area contributed by atoms with Crippen molar-refractivity contribution in [2.24, 2.45) is 0 Å². The van der Waals surface area contributed by atoms with Gasteiger partial charge in [-0.15, -0.1) is 0 Å². The number of rotatable bonds is 5. The fourth-order valence-electron chi connectivity index (χ4n) is 1.20. The molecule has 0 aromatic rings. The Kier molecular flexibility index (Phi) is 7.78. The van der Waals surface area contributed by atoms with Gasteiger partial charge in [-0.2, -0.15) is 0 Å². The van der Waals surface area contributed by atoms with Gasteiger partial charge in [0.25, 0.3) is 0 Å². The molecule has 0 aliphatic heterocycles. The third-order valence-corrected chi connectivity index (χ3v) is 1.79. The number of amides is 1. The largest absolute Gasteiger partial charge is 1.00 e. The normalized spacial score (nSPS) is 12.6. The molecular weight excluding hydrogens is 200 g/mol. The Morgan fingerprint density at radius 3 is 2.29 bits per heavy atom. The number of carbonyl (C=O) groups is 1. The zero-order valence-corrected chi connectivity index (χ0v) is 10.3. The molecule has 14 heavy (non-hydrogen) atoms. The van der Waals surface area contributed by atoms with Gasteiger partial charge < -0.3 is 22.2 Å². The van der Waals surface area contributed by atoms with E-state index in [-0.39, 0.29) is 24.4 Å². The van der Waals surface area contributed by atoms with Crippen LogP contribution in [0.15, 0.2) is 12.7 Å². The summed E-state index contributed by atoms with van der Waals surface area (Å²) in [6.07, 6.45) is 2.27. The average Bonchev–Trinajstić information content (AvgIpc) is 2.00. The predicted molar refractivity (Wildman–Crippen MR) is 55.3 cm³/mol. The average molecular weight is 221 g/mol. The molecule has 0 fully saturated rings. The Balaban J connectivity index is 0. The van der Waals surface area contributed by atoms with Crippen LogP contribution in [-0.2, 0) is 4.79 Å². The fourth-order valence-corrected chi connectivity index (χ4v) is 1.20. The van der Waals surface area contributed by atoms with Crippen molar-refractivity contribution in [1.82, 2.24) is 5.32 Å². The van der Waals surface area contributed by atoms with E-state index in [4.69, 9.17) is 0 Å². The van der Waals surface area contributed by atoms with Gasteiger partial charge in [-0.25, -0.2) is 0 Å². The monoisotopic (exact) mass is 220 g/mol. The number of nitrogens with one attached hydrogen (secondary N) is 1. The van der Waals surface area contributed by atoms with Crippen LogP contribution in [-0.4, -0.2) is 44.1 Å². The third kappa shape index (κ3) is 8.08. The molecule has 0 spiro atoms. The molecule has 1 amide bonds. The van der Waals surface area contributed by atoms with E-state index in [9.17, 15) is 4.79 Å². The van der Waals surface area contributed by atoms with Crippen molar-refractivity contribution in [3.8, 4) is 0 Å². The van der Waals surface area contributed by atoms with Crippen LogP contribution in [0.1, 0.15) is 13.3 Å². The van der Waals surface area contributed by atoms with Crippen molar-refractivity contribution in [2.45, 2.75) is 19.4 Å². The number of likely N-dealkylation sites (N-methyl/N-ethyl adjacent to an activating group) is 1. The Morgan fingerprint density at radius 2 is 2.00 bits per heavy atom. The highest BCUT2D eigenvalue weighted by Crippen LogP contribution is 1.98. The lowest BCUT2D eigenvalue weighted by Crippen LogP contribution is -3.00. The third-order valence-electron chi connectivity index (χ3n) is 1.79. The molecule has 0 heterocycles. The Hall–Kier alpha value is -0.540. The number of quaternary nitrogens is 1. The molecule has 0 aliphatic rings. The first-order chi connectivity index (χ1) is 5.89. The lowest BCUT2D eigenvalue weighted by atomic mass is 10.2. The predicted octanol–water partition coefficient (Wildman–Crippen LogP) is -2.22. The van der Waals surface area contributed by atoms with Crippen molar-refractivity contribution < 1.29 is 21.7 Å². The quantitative estimate of drug-likeness (QED) is 0.413. The van der Waals surface area contributed by atoms with Gasteiger partial charge in [-0.1, -0.05) is 13.5 Å². The zero-order valence-electron chi connectivity index (χ0n) is 9.51. The van der Waals surface area contributed by atoms with Crippen LogP contribution in [0, 0.1) is 0 Å². The van der Waals surface area contributed by atoms with Crippen molar-refractivity contribution in [3.63, 3.8) is 0 Å². The summed E-state index contributed by atoms with van der Waals surface area (Å²) in [6, 6.07) is 0.241. The van der Waals surface area contributed by atoms with Gasteiger partial charge in [0.15, 0.2) is 0 Å². The van der Waals surface area contributed by atoms with E-state index in [1.54, 1.807) is 0 Å². The summed E-state index contributed by atoms with van der Waals surface area (Å²) in [5.74, 6) is -0.0831. The number of hydrogen-bond donors (Lipinski definition) is 1. The lowest BCUT2D eigenvalue weighted by molar-refractivity contribution is -0.871. The second-order valence-electron chi connectivity index (χ2n) is 4.29. The molecule has 0 aromatic carbocycles. The fraction of sp³-hybridized carbons (Fsp3) is 0.700. The molecule has 0 aliphatic carbocycles. The highest BCUT2D eigenvalue weighted by Gasteiger charge is 2.16. The summed E-state index contributed by atoms with van der Waals surface area (Å²) in [5, 5.41) is 2.90. The first kappa shape index (κ1) is 15.9. The summed E-state index contributed by atoms with van der Waals surface area (Å²) in [7, 11) is 6.34. The zero-order chi connectivity index (χ0) is 10.5. The summed E-state index contributed by atoms with van der Waals surface area (Å²) >= 11 is 0. The highest BCUT2D eigenvalue weighted by molar-refractivity contribution is 5.87. The summed E-state index contributed by atoms with van der Waals surface area (Å²) in [5.41, 5.74) is 0. The van der Waals surface area contributed by atoms with E-state index in [1.165, 1.54) is 6.08 Å². The summed E-state index contributed by atoms with van der Waals surface area (Å²) < 4.78 is 0.857. The van der Waals surface area contributed by atoms with Crippen LogP contribution >= 0.6 is 0 Å². The van der Waals surface area contributed by atoms with Gasteiger partial charge in [0.2, 0.25) is 5.91 Å². The Bertz CT molecular complexity index is 187. The van der Waals surface area contributed by atoms with Gasteiger partial charge in [0.1, 0.15) is 0 Å². The maximum atomic E-state index is 11.0. The summed E-state index contributed by atoms with van der Waals surface area (Å²) in [4.78, 5) is 11.0. The van der Waals surface area contributed by atoms with Crippen molar-refractivity contribution in [3.05, 3.63) is 12.7 Å². The lowest BCUT2D eigenvalue weighted by Gasteiger charge is -2.28. The van der Waals surface area contributed by atoms with Crippen molar-refractivity contribution in [2.75, 3.05) is 27.7 Å². The molecule has 0 bridgehead atoms. The van der Waals surface area contributed by atoms with E-state index >= 15 is 0 Å². The number of carbonyl (C=O) groups excluding carboxylic acids is 1. The molecule has 0 rings (SSSR count). The molecule has 3 nitrogen and oxygen atoms in total. The topological polar surface area (TPSA) is 29.1 Å². The van der Waals surface area contributed by atoms with Gasteiger partial charge in [-0.3, -0.25) is 4.79 Å². The van der Waals surface area contributed by atoms with E-state index < -0.39 is 0 Å². The number of halogens is 1. The smallest absolute Gasteiger partial charge is 0.243 e. The first-order valence-corrected chi connectivity index (χ1v) is 4.62. The van der Waals surface area contributed by atoms with Crippen LogP contribution in [0.25, 0.3) is 0 Å². The van der Waals surface area contributed by atoms with Crippen molar-refractivity contribution >= 4 is 5.91 Å². The van der Waals surface area contributed by atoms with Crippen LogP contribution in [0.3, 0.4) is 0 Å². The highest BCUT2D eigenvalue weighted by atomic mass is 35.5. The second-order valence-corrected chi connectivity index (χ2v) is 4.29. The second kappa shape index (κ2) is 6.85. The Morgan fingerprint density at radius 1 is 1.50 bits per heavy atom. The molecule has 1 N–H and O–H groups in total. The molecule has 84 valence electrons. The maximum Gasteiger partial charge on any atom is 0.243 e. The minimum absolute atomic E-state index is 0. The molecule has 0 aromatic heterocycles. The molecule has 1 unspecified atom stereocenters. The Labute approximate surface area is 93.2 Å². The first-order valence-electron chi connectivity index (χ1n) is 4.62. The van der Waals surface area contributed by atoms with E-state index in [0.29, 0.717) is 0 Å². The minimum Gasteiger partial charge on any atom is -1.00 e. The van der Waals surface area contributed by atoms with Crippen LogP contribution in [0.4, 0.5) is 0 Å². The van der Waals surface area contributed by atoms with Gasteiger partial charge in [0.05, 0.1) is 33.7 Å². The minimum atomic E-state index is -0.0831.